The number of phenols is 1. The van der Waals surface area contributed by atoms with Crippen molar-refractivity contribution in [3.05, 3.63) is 46.7 Å². The third-order valence-electron chi connectivity index (χ3n) is 4.80. The third-order valence-corrected chi connectivity index (χ3v) is 5.53. The van der Waals surface area contributed by atoms with Crippen LogP contribution >= 0.6 is 11.3 Å². The first-order chi connectivity index (χ1) is 11.6. The van der Waals surface area contributed by atoms with E-state index < -0.39 is 0 Å². The molecule has 5 heteroatoms. The van der Waals surface area contributed by atoms with E-state index in [1.165, 1.54) is 5.56 Å². The second kappa shape index (κ2) is 7.81. The van der Waals surface area contributed by atoms with Crippen LogP contribution in [0.25, 0.3) is 0 Å². The normalized spacial score (nSPS) is 17.5. The number of carbonyl (C=O) groups excluding carboxylic acids is 1. The van der Waals surface area contributed by atoms with Crippen LogP contribution in [0.1, 0.15) is 25.3 Å². The summed E-state index contributed by atoms with van der Waals surface area (Å²) in [6, 6.07) is 9.56. The third kappa shape index (κ3) is 4.16. The van der Waals surface area contributed by atoms with E-state index in [4.69, 9.17) is 0 Å². The van der Waals surface area contributed by atoms with Gasteiger partial charge in [-0.15, -0.1) is 0 Å². The van der Waals surface area contributed by atoms with Gasteiger partial charge in [-0.25, -0.2) is 0 Å². The summed E-state index contributed by atoms with van der Waals surface area (Å²) in [6.07, 6.45) is 2.80. The van der Waals surface area contributed by atoms with E-state index in [-0.39, 0.29) is 17.6 Å². The van der Waals surface area contributed by atoms with E-state index in [2.05, 4.69) is 34.0 Å². The van der Waals surface area contributed by atoms with Crippen LogP contribution in [0.3, 0.4) is 0 Å². The molecule has 0 radical (unpaired) electrons. The van der Waals surface area contributed by atoms with Crippen molar-refractivity contribution in [1.82, 2.24) is 4.90 Å². The number of likely N-dealkylation sites (tertiary alicyclic amines) is 1. The summed E-state index contributed by atoms with van der Waals surface area (Å²) in [4.78, 5) is 14.9. The number of piperidine rings is 1. The Morgan fingerprint density at radius 3 is 2.75 bits per heavy atom. The number of hydrogen-bond acceptors (Lipinski definition) is 4. The van der Waals surface area contributed by atoms with Gasteiger partial charge in [0, 0.05) is 12.0 Å². The van der Waals surface area contributed by atoms with Gasteiger partial charge < -0.3 is 15.3 Å². The van der Waals surface area contributed by atoms with Gasteiger partial charge in [-0.2, -0.15) is 11.3 Å². The molecule has 0 aliphatic carbocycles. The SMILES string of the molecule is CC(Cc1ccsc1)N1CCC(C(=O)Nc2ccccc2O)CC1. The van der Waals surface area contributed by atoms with Crippen molar-refractivity contribution >= 4 is 22.9 Å². The molecule has 1 aliphatic heterocycles. The minimum absolute atomic E-state index is 0.0154. The number of rotatable bonds is 5. The number of carbonyl (C=O) groups is 1. The quantitative estimate of drug-likeness (QED) is 0.813. The molecule has 0 bridgehead atoms. The second-order valence-corrected chi connectivity index (χ2v) is 7.28. The van der Waals surface area contributed by atoms with Gasteiger partial charge in [0.1, 0.15) is 5.75 Å². The Morgan fingerprint density at radius 1 is 1.33 bits per heavy atom. The van der Waals surface area contributed by atoms with Crippen LogP contribution in [-0.4, -0.2) is 35.0 Å². The highest BCUT2D eigenvalue weighted by molar-refractivity contribution is 7.07. The number of amides is 1. The minimum Gasteiger partial charge on any atom is -0.506 e. The van der Waals surface area contributed by atoms with Crippen molar-refractivity contribution < 1.29 is 9.90 Å². The number of nitrogens with zero attached hydrogens (tertiary/aromatic N) is 1. The van der Waals surface area contributed by atoms with Gasteiger partial charge in [0.2, 0.25) is 5.91 Å². The minimum atomic E-state index is 0.0154. The van der Waals surface area contributed by atoms with Crippen LogP contribution in [0.4, 0.5) is 5.69 Å². The predicted octanol–water partition coefficient (Wildman–Crippen LogP) is 3.74. The fraction of sp³-hybridized carbons (Fsp3) is 0.421. The first kappa shape index (κ1) is 17.0. The lowest BCUT2D eigenvalue weighted by atomic mass is 9.94. The summed E-state index contributed by atoms with van der Waals surface area (Å²) in [7, 11) is 0. The number of nitrogens with one attached hydrogen (secondary N) is 1. The molecule has 0 spiro atoms. The first-order valence-electron chi connectivity index (χ1n) is 8.47. The summed E-state index contributed by atoms with van der Waals surface area (Å²) < 4.78 is 0. The van der Waals surface area contributed by atoms with Crippen molar-refractivity contribution in [1.29, 1.82) is 0 Å². The molecule has 1 aliphatic rings. The molecule has 0 saturated carbocycles. The Bertz CT molecular complexity index is 664. The average Bonchev–Trinajstić information content (AvgIpc) is 3.10. The highest BCUT2D eigenvalue weighted by Gasteiger charge is 2.27. The van der Waals surface area contributed by atoms with Crippen LogP contribution in [0.15, 0.2) is 41.1 Å². The summed E-state index contributed by atoms with van der Waals surface area (Å²) in [5.41, 5.74) is 1.89. The zero-order valence-corrected chi connectivity index (χ0v) is 14.8. The molecule has 1 aromatic carbocycles. The molecule has 2 aromatic rings. The molecule has 1 unspecified atom stereocenters. The number of aromatic hydroxyl groups is 1. The van der Waals surface area contributed by atoms with E-state index in [1.54, 1.807) is 29.5 Å². The fourth-order valence-corrected chi connectivity index (χ4v) is 3.98. The van der Waals surface area contributed by atoms with Crippen molar-refractivity contribution in [2.24, 2.45) is 5.92 Å². The van der Waals surface area contributed by atoms with E-state index in [0.29, 0.717) is 11.7 Å². The molecular weight excluding hydrogens is 320 g/mol. The van der Waals surface area contributed by atoms with E-state index in [0.717, 1.165) is 32.4 Å². The zero-order chi connectivity index (χ0) is 16.9. The van der Waals surface area contributed by atoms with Crippen molar-refractivity contribution in [2.45, 2.75) is 32.2 Å². The Hall–Kier alpha value is -1.85. The maximum absolute atomic E-state index is 12.4. The maximum atomic E-state index is 12.4. The topological polar surface area (TPSA) is 52.6 Å². The smallest absolute Gasteiger partial charge is 0.227 e. The highest BCUT2D eigenvalue weighted by Crippen LogP contribution is 2.25. The standard InChI is InChI=1S/C19H24N2O2S/c1-14(12-15-8-11-24-13-15)21-9-6-16(7-10-21)19(23)20-17-4-2-3-5-18(17)22/h2-5,8,11,13-14,16,22H,6-7,9-10,12H2,1H3,(H,20,23). The lowest BCUT2D eigenvalue weighted by Crippen LogP contribution is -2.43. The number of hydrogen-bond donors (Lipinski definition) is 2. The van der Waals surface area contributed by atoms with Gasteiger partial charge in [0.05, 0.1) is 5.69 Å². The molecule has 1 amide bonds. The summed E-state index contributed by atoms with van der Waals surface area (Å²) >= 11 is 1.74. The number of phenolic OH excluding ortho intramolecular Hbond substituents is 1. The molecular formula is C19H24N2O2S. The van der Waals surface area contributed by atoms with E-state index in [1.807, 2.05) is 6.07 Å². The molecule has 2 N–H and O–H groups in total. The van der Waals surface area contributed by atoms with Crippen LogP contribution in [0.5, 0.6) is 5.75 Å². The van der Waals surface area contributed by atoms with Gasteiger partial charge in [-0.05, 0) is 73.8 Å². The Balaban J connectivity index is 1.49. The Labute approximate surface area is 147 Å². The van der Waals surface area contributed by atoms with Crippen molar-refractivity contribution in [2.75, 3.05) is 18.4 Å². The summed E-state index contributed by atoms with van der Waals surface area (Å²) in [5.74, 6) is 0.156. The van der Waals surface area contributed by atoms with Crippen molar-refractivity contribution in [3.8, 4) is 5.75 Å². The van der Waals surface area contributed by atoms with E-state index >= 15 is 0 Å². The monoisotopic (exact) mass is 344 g/mol. The number of thiophene rings is 1. The number of para-hydroxylation sites is 2. The molecule has 24 heavy (non-hydrogen) atoms. The Morgan fingerprint density at radius 2 is 2.08 bits per heavy atom. The summed E-state index contributed by atoms with van der Waals surface area (Å²) in [6.45, 7) is 4.16. The lowest BCUT2D eigenvalue weighted by Gasteiger charge is -2.35. The fourth-order valence-electron chi connectivity index (χ4n) is 3.30. The van der Waals surface area contributed by atoms with Crippen LogP contribution < -0.4 is 5.32 Å². The highest BCUT2D eigenvalue weighted by atomic mass is 32.1. The molecule has 4 nitrogen and oxygen atoms in total. The van der Waals surface area contributed by atoms with Gasteiger partial charge >= 0.3 is 0 Å². The zero-order valence-electron chi connectivity index (χ0n) is 13.9. The van der Waals surface area contributed by atoms with Gasteiger partial charge in [0.25, 0.3) is 0 Å². The number of benzene rings is 1. The van der Waals surface area contributed by atoms with Gasteiger partial charge in [-0.3, -0.25) is 4.79 Å². The van der Waals surface area contributed by atoms with Crippen molar-refractivity contribution in [3.63, 3.8) is 0 Å². The van der Waals surface area contributed by atoms with E-state index in [9.17, 15) is 9.90 Å². The molecule has 128 valence electrons. The second-order valence-electron chi connectivity index (χ2n) is 6.50. The predicted molar refractivity (Wildman–Crippen MR) is 98.5 cm³/mol. The van der Waals surface area contributed by atoms with Gasteiger partial charge in [-0.1, -0.05) is 12.1 Å². The summed E-state index contributed by atoms with van der Waals surface area (Å²) in [5, 5.41) is 17.0. The molecule has 2 heterocycles. The molecule has 1 fully saturated rings. The largest absolute Gasteiger partial charge is 0.506 e. The van der Waals surface area contributed by atoms with Crippen LogP contribution in [-0.2, 0) is 11.2 Å². The Kier molecular flexibility index (Phi) is 5.53. The molecule has 1 aromatic heterocycles. The molecule has 1 saturated heterocycles. The maximum Gasteiger partial charge on any atom is 0.227 e. The lowest BCUT2D eigenvalue weighted by molar-refractivity contribution is -0.121. The van der Waals surface area contributed by atoms with Gasteiger partial charge in [0.15, 0.2) is 0 Å². The number of anilines is 1. The first-order valence-corrected chi connectivity index (χ1v) is 9.41. The average molecular weight is 344 g/mol. The molecule has 1 atom stereocenters. The molecule has 3 rings (SSSR count). The van der Waals surface area contributed by atoms with Crippen LogP contribution in [0, 0.1) is 5.92 Å². The van der Waals surface area contributed by atoms with Crippen LogP contribution in [0.2, 0.25) is 0 Å².